The van der Waals surface area contributed by atoms with Crippen molar-refractivity contribution in [1.29, 1.82) is 0 Å². The summed E-state index contributed by atoms with van der Waals surface area (Å²) in [5, 5.41) is 20.6. The number of thioether (sulfide) groups is 1. The van der Waals surface area contributed by atoms with Crippen LogP contribution >= 0.6 is 47.2 Å². The van der Waals surface area contributed by atoms with Crippen LogP contribution in [0.1, 0.15) is 19.4 Å². The van der Waals surface area contributed by atoms with Gasteiger partial charge in [-0.2, -0.15) is 10.2 Å². The minimum Gasteiger partial charge on any atom is -0.378 e. The van der Waals surface area contributed by atoms with Crippen molar-refractivity contribution in [2.24, 2.45) is 5.10 Å². The van der Waals surface area contributed by atoms with E-state index in [1.165, 1.54) is 22.8 Å². The molecule has 0 saturated carbocycles. The first-order valence-corrected chi connectivity index (χ1v) is 11.6. The summed E-state index contributed by atoms with van der Waals surface area (Å²) in [4.78, 5) is 14.8. The van der Waals surface area contributed by atoms with Crippen LogP contribution in [0.25, 0.3) is 0 Å². The first-order valence-electron chi connectivity index (χ1n) is 9.57. The van der Waals surface area contributed by atoms with Gasteiger partial charge in [-0.15, -0.1) is 0 Å². The molecule has 0 aliphatic carbocycles. The van der Waals surface area contributed by atoms with Gasteiger partial charge in [-0.25, -0.2) is 9.80 Å². The van der Waals surface area contributed by atoms with Gasteiger partial charge in [0.1, 0.15) is 0 Å². The molecule has 1 aliphatic rings. The maximum atomic E-state index is 12.8. The van der Waals surface area contributed by atoms with Crippen molar-refractivity contribution in [2.45, 2.75) is 24.8 Å². The number of rotatable bonds is 5. The van der Waals surface area contributed by atoms with Crippen LogP contribution in [0.3, 0.4) is 0 Å². The number of halogens is 2. The summed E-state index contributed by atoms with van der Waals surface area (Å²) >= 11 is 18.8. The van der Waals surface area contributed by atoms with Gasteiger partial charge in [-0.3, -0.25) is 5.21 Å². The third-order valence-electron chi connectivity index (χ3n) is 4.74. The fraction of sp³-hybridized carbons (Fsp3) is 0.286. The number of nitrogens with zero attached hydrogens (tertiary/aromatic N) is 4. The Kier molecular flexibility index (Phi) is 7.57. The molecule has 7 nitrogen and oxygen atoms in total. The largest absolute Gasteiger partial charge is 0.378 e. The van der Waals surface area contributed by atoms with E-state index in [9.17, 15) is 10.0 Å². The van der Waals surface area contributed by atoms with Crippen molar-refractivity contribution in [1.82, 2.24) is 10.1 Å². The van der Waals surface area contributed by atoms with Crippen LogP contribution in [0, 0.1) is 0 Å². The van der Waals surface area contributed by atoms with Crippen molar-refractivity contribution in [2.75, 3.05) is 24.3 Å². The van der Waals surface area contributed by atoms with Gasteiger partial charge in [0, 0.05) is 25.5 Å². The van der Waals surface area contributed by atoms with Gasteiger partial charge in [0.05, 0.1) is 21.0 Å². The number of hydrazone groups is 1. The minimum atomic E-state index is -0.833. The number of hydrogen-bond donors (Lipinski definition) is 2. The third kappa shape index (κ3) is 5.47. The molecule has 1 aliphatic heterocycles. The average molecular weight is 512 g/mol. The lowest BCUT2D eigenvalue weighted by Gasteiger charge is -2.34. The van der Waals surface area contributed by atoms with E-state index >= 15 is 0 Å². The second-order valence-corrected chi connectivity index (χ2v) is 10.9. The van der Waals surface area contributed by atoms with E-state index in [4.69, 9.17) is 35.4 Å². The molecule has 2 amide bonds. The van der Waals surface area contributed by atoms with E-state index in [2.05, 4.69) is 10.4 Å². The van der Waals surface area contributed by atoms with E-state index in [1.807, 2.05) is 57.1 Å². The predicted molar refractivity (Wildman–Crippen MR) is 137 cm³/mol. The number of urea groups is 1. The average Bonchev–Trinajstić information content (AvgIpc) is 2.96. The maximum absolute atomic E-state index is 12.8. The Morgan fingerprint density at radius 1 is 1.22 bits per heavy atom. The Hall–Kier alpha value is -2.04. The lowest BCUT2D eigenvalue weighted by molar-refractivity contribution is -0.114. The summed E-state index contributed by atoms with van der Waals surface area (Å²) in [5.41, 5.74) is 2.32. The molecule has 2 N–H and O–H groups in total. The Bertz CT molecular complexity index is 1050. The second-order valence-electron chi connectivity index (χ2n) is 7.82. The van der Waals surface area contributed by atoms with Gasteiger partial charge in [0.15, 0.2) is 10.5 Å². The molecule has 0 bridgehead atoms. The highest BCUT2D eigenvalue weighted by Gasteiger charge is 2.50. The summed E-state index contributed by atoms with van der Waals surface area (Å²) in [5.74, 6) is 0. The van der Waals surface area contributed by atoms with E-state index in [-0.39, 0.29) is 0 Å². The van der Waals surface area contributed by atoms with Crippen molar-refractivity contribution < 1.29 is 10.0 Å². The molecule has 11 heteroatoms. The molecule has 1 unspecified atom stereocenters. The molecule has 2 aromatic carbocycles. The Balaban J connectivity index is 1.80. The SMILES string of the molecule is CN(C)c1ccc(C=NN2C(=S)SC(C)(C)C2N(O)C(=O)Nc2ccc(Cl)c(Cl)c2)cc1. The van der Waals surface area contributed by atoms with Gasteiger partial charge in [0.25, 0.3) is 0 Å². The summed E-state index contributed by atoms with van der Waals surface area (Å²) in [6, 6.07) is 11.7. The monoisotopic (exact) mass is 511 g/mol. The topological polar surface area (TPSA) is 71.4 Å². The number of benzene rings is 2. The molecule has 0 spiro atoms. The van der Waals surface area contributed by atoms with Crippen LogP contribution in [0.2, 0.25) is 10.0 Å². The smallest absolute Gasteiger partial charge is 0.347 e. The van der Waals surface area contributed by atoms with Gasteiger partial charge >= 0.3 is 6.03 Å². The quantitative estimate of drug-likeness (QED) is 0.230. The van der Waals surface area contributed by atoms with Crippen LogP contribution in [0.5, 0.6) is 0 Å². The van der Waals surface area contributed by atoms with Gasteiger partial charge < -0.3 is 10.2 Å². The normalized spacial score (nSPS) is 17.7. The van der Waals surface area contributed by atoms with Crippen LogP contribution in [-0.2, 0) is 0 Å². The van der Waals surface area contributed by atoms with E-state index in [0.717, 1.165) is 11.3 Å². The summed E-state index contributed by atoms with van der Waals surface area (Å²) in [6.07, 6.45) is 0.811. The molecule has 170 valence electrons. The van der Waals surface area contributed by atoms with Crippen LogP contribution in [0.15, 0.2) is 47.6 Å². The highest BCUT2D eigenvalue weighted by molar-refractivity contribution is 8.24. The zero-order valence-electron chi connectivity index (χ0n) is 17.9. The number of thiocarbonyl (C=S) groups is 1. The standard InChI is InChI=1S/C21H23Cl2N5O2S2/c1-21(2)18(28(30)19(29)25-14-7-10-16(22)17(23)11-14)27(20(31)32-21)24-12-13-5-8-15(9-6-13)26(3)4/h5-12,18,30H,1-4H3,(H,25,29). The number of anilines is 2. The lowest BCUT2D eigenvalue weighted by atomic mass is 10.1. The Morgan fingerprint density at radius 3 is 2.47 bits per heavy atom. The molecular formula is C21H23Cl2N5O2S2. The molecule has 1 saturated heterocycles. The fourth-order valence-corrected chi connectivity index (χ4v) is 5.17. The summed E-state index contributed by atoms with van der Waals surface area (Å²) in [7, 11) is 3.93. The summed E-state index contributed by atoms with van der Waals surface area (Å²) in [6.45, 7) is 3.76. The van der Waals surface area contributed by atoms with Gasteiger partial charge in [0.2, 0.25) is 0 Å². The fourth-order valence-electron chi connectivity index (χ4n) is 3.08. The molecule has 0 radical (unpaired) electrons. The zero-order chi connectivity index (χ0) is 23.6. The second kappa shape index (κ2) is 9.84. The molecule has 3 rings (SSSR count). The molecule has 1 heterocycles. The molecule has 32 heavy (non-hydrogen) atoms. The van der Waals surface area contributed by atoms with Crippen LogP contribution in [-0.4, -0.2) is 56.9 Å². The van der Waals surface area contributed by atoms with Crippen molar-refractivity contribution in [3.63, 3.8) is 0 Å². The van der Waals surface area contributed by atoms with E-state index in [1.54, 1.807) is 18.3 Å². The number of hydroxylamine groups is 2. The molecule has 2 aromatic rings. The van der Waals surface area contributed by atoms with Crippen molar-refractivity contribution in [3.05, 3.63) is 58.1 Å². The summed E-state index contributed by atoms with van der Waals surface area (Å²) < 4.78 is -0.171. The number of carbonyl (C=O) groups is 1. The number of carbonyl (C=O) groups excluding carboxylic acids is 1. The molecular weight excluding hydrogens is 489 g/mol. The Labute approximate surface area is 206 Å². The third-order valence-corrected chi connectivity index (χ3v) is 7.02. The van der Waals surface area contributed by atoms with Crippen molar-refractivity contribution in [3.8, 4) is 0 Å². The van der Waals surface area contributed by atoms with Gasteiger partial charge in [-0.05, 0) is 49.7 Å². The van der Waals surface area contributed by atoms with Crippen LogP contribution < -0.4 is 10.2 Å². The van der Waals surface area contributed by atoms with E-state index in [0.29, 0.717) is 25.1 Å². The highest BCUT2D eigenvalue weighted by Crippen LogP contribution is 2.42. The molecule has 1 fully saturated rings. The highest BCUT2D eigenvalue weighted by atomic mass is 35.5. The lowest BCUT2D eigenvalue weighted by Crippen LogP contribution is -2.54. The maximum Gasteiger partial charge on any atom is 0.347 e. The predicted octanol–water partition coefficient (Wildman–Crippen LogP) is 5.76. The first-order chi connectivity index (χ1) is 15.0. The number of nitrogens with one attached hydrogen (secondary N) is 1. The van der Waals surface area contributed by atoms with Crippen LogP contribution in [0.4, 0.5) is 16.2 Å². The zero-order valence-corrected chi connectivity index (χ0v) is 21.1. The van der Waals surface area contributed by atoms with Crippen molar-refractivity contribution >= 4 is 75.1 Å². The first kappa shape index (κ1) is 24.6. The Morgan fingerprint density at radius 2 is 1.88 bits per heavy atom. The molecule has 0 aromatic heterocycles. The number of hydrogen-bond acceptors (Lipinski definition) is 6. The number of amides is 2. The van der Waals surface area contributed by atoms with Gasteiger partial charge in [-0.1, -0.05) is 59.3 Å². The minimum absolute atomic E-state index is 0.290. The van der Waals surface area contributed by atoms with E-state index < -0.39 is 16.9 Å². The molecule has 1 atom stereocenters.